The monoisotopic (exact) mass is 450 g/mol. The first-order valence-corrected chi connectivity index (χ1v) is 10.1. The second-order valence-corrected chi connectivity index (χ2v) is 7.33. The molecule has 31 heavy (non-hydrogen) atoms. The van der Waals surface area contributed by atoms with Gasteiger partial charge in [0.15, 0.2) is 5.82 Å². The summed E-state index contributed by atoms with van der Waals surface area (Å²) < 4.78 is 43.5. The predicted octanol–water partition coefficient (Wildman–Crippen LogP) is 4.52. The van der Waals surface area contributed by atoms with E-state index in [1.54, 1.807) is 19.1 Å². The van der Waals surface area contributed by atoms with E-state index >= 15 is 0 Å². The van der Waals surface area contributed by atoms with Gasteiger partial charge < -0.3 is 15.2 Å². The summed E-state index contributed by atoms with van der Waals surface area (Å²) in [5.41, 5.74) is -0.521. The van der Waals surface area contributed by atoms with Gasteiger partial charge in [0.1, 0.15) is 0 Å². The molecular weight excluding hydrogens is 433 g/mol. The maximum Gasteiger partial charge on any atom is 0.416 e. The molecule has 0 aliphatic rings. The molecule has 0 radical (unpaired) electrons. The lowest BCUT2D eigenvalue weighted by atomic mass is 10.1. The van der Waals surface area contributed by atoms with Gasteiger partial charge in [0, 0.05) is 12.6 Å². The summed E-state index contributed by atoms with van der Waals surface area (Å²) in [4.78, 5) is 28.9. The number of anilines is 2. The van der Waals surface area contributed by atoms with Gasteiger partial charge in [-0.25, -0.2) is 0 Å². The molecule has 2 amide bonds. The van der Waals surface area contributed by atoms with E-state index in [0.717, 1.165) is 12.1 Å². The van der Waals surface area contributed by atoms with Gasteiger partial charge in [-0.1, -0.05) is 23.4 Å². The number of amides is 2. The maximum atomic E-state index is 12.9. The average Bonchev–Trinajstić information content (AvgIpc) is 3.13. The fraction of sp³-hybridized carbons (Fsp3) is 0.200. The van der Waals surface area contributed by atoms with Crippen molar-refractivity contribution in [2.24, 2.45) is 0 Å². The number of aromatic nitrogens is 2. The Morgan fingerprint density at radius 3 is 2.58 bits per heavy atom. The van der Waals surface area contributed by atoms with Gasteiger partial charge in [-0.15, -0.1) is 11.8 Å². The summed E-state index contributed by atoms with van der Waals surface area (Å²) in [6.45, 7) is 1.66. The van der Waals surface area contributed by atoms with Crippen LogP contribution in [0.1, 0.15) is 27.6 Å². The number of alkyl halides is 3. The third kappa shape index (κ3) is 6.32. The molecule has 3 aromatic rings. The Hall–Kier alpha value is -3.34. The Labute approximate surface area is 179 Å². The molecule has 1 heterocycles. The van der Waals surface area contributed by atoms with Gasteiger partial charge in [0.25, 0.3) is 5.91 Å². The van der Waals surface area contributed by atoms with Crippen LogP contribution in [0.2, 0.25) is 0 Å². The fourth-order valence-electron chi connectivity index (χ4n) is 2.58. The maximum absolute atomic E-state index is 12.9. The molecule has 162 valence electrons. The largest absolute Gasteiger partial charge is 0.416 e. The Morgan fingerprint density at radius 1 is 1.10 bits per heavy atom. The standard InChI is InChI=1S/C20H17F3N4O3S/c1-12-24-17(27-30-12)10-31-11-18(28)26-16-8-3-2-7-15(16)19(29)25-14-6-4-5-13(9-14)20(21,22)23/h2-9H,10-11H2,1H3,(H,25,29)(H,26,28). The average molecular weight is 450 g/mol. The number of halogens is 3. The van der Waals surface area contributed by atoms with E-state index in [9.17, 15) is 22.8 Å². The van der Waals surface area contributed by atoms with Crippen molar-refractivity contribution >= 4 is 35.0 Å². The summed E-state index contributed by atoms with van der Waals surface area (Å²) in [6, 6.07) is 10.5. The molecule has 0 bridgehead atoms. The lowest BCUT2D eigenvalue weighted by Crippen LogP contribution is -2.19. The zero-order valence-corrected chi connectivity index (χ0v) is 17.0. The molecule has 0 fully saturated rings. The van der Waals surface area contributed by atoms with Crippen LogP contribution in [0.15, 0.2) is 53.1 Å². The predicted molar refractivity (Wildman–Crippen MR) is 110 cm³/mol. The van der Waals surface area contributed by atoms with Gasteiger partial charge in [-0.05, 0) is 30.3 Å². The molecule has 3 rings (SSSR count). The number of benzene rings is 2. The zero-order valence-electron chi connectivity index (χ0n) is 16.2. The van der Waals surface area contributed by atoms with E-state index in [0.29, 0.717) is 17.5 Å². The van der Waals surface area contributed by atoms with Crippen molar-refractivity contribution < 1.29 is 27.3 Å². The van der Waals surface area contributed by atoms with Crippen LogP contribution in [0.25, 0.3) is 0 Å². The van der Waals surface area contributed by atoms with Crippen molar-refractivity contribution in [2.75, 3.05) is 16.4 Å². The number of hydrogen-bond donors (Lipinski definition) is 2. The summed E-state index contributed by atoms with van der Waals surface area (Å²) in [7, 11) is 0. The highest BCUT2D eigenvalue weighted by molar-refractivity contribution is 7.99. The minimum Gasteiger partial charge on any atom is -0.340 e. The van der Waals surface area contributed by atoms with Crippen molar-refractivity contribution in [3.8, 4) is 0 Å². The van der Waals surface area contributed by atoms with Crippen LogP contribution < -0.4 is 10.6 Å². The Morgan fingerprint density at radius 2 is 1.87 bits per heavy atom. The Kier molecular flexibility index (Phi) is 6.95. The van der Waals surface area contributed by atoms with Crippen LogP contribution in [0, 0.1) is 6.92 Å². The summed E-state index contributed by atoms with van der Waals surface area (Å²) >= 11 is 1.26. The topological polar surface area (TPSA) is 97.1 Å². The minimum absolute atomic E-state index is 0.00749. The van der Waals surface area contributed by atoms with Crippen LogP contribution >= 0.6 is 11.8 Å². The molecule has 0 saturated carbocycles. The van der Waals surface area contributed by atoms with Gasteiger partial charge >= 0.3 is 6.18 Å². The van der Waals surface area contributed by atoms with Crippen LogP contribution in [-0.4, -0.2) is 27.7 Å². The third-order valence-electron chi connectivity index (χ3n) is 3.93. The van der Waals surface area contributed by atoms with Crippen molar-refractivity contribution in [1.29, 1.82) is 0 Å². The molecule has 0 spiro atoms. The number of carbonyl (C=O) groups is 2. The third-order valence-corrected chi connectivity index (χ3v) is 4.86. The second-order valence-electron chi connectivity index (χ2n) is 6.35. The lowest BCUT2D eigenvalue weighted by Gasteiger charge is -2.13. The van der Waals surface area contributed by atoms with E-state index in [1.165, 1.54) is 36.0 Å². The first kappa shape index (κ1) is 22.3. The van der Waals surface area contributed by atoms with Crippen LogP contribution in [0.5, 0.6) is 0 Å². The molecule has 2 N–H and O–H groups in total. The number of carbonyl (C=O) groups excluding carboxylic acids is 2. The molecule has 0 atom stereocenters. The molecule has 0 unspecified atom stereocenters. The number of para-hydroxylation sites is 1. The van der Waals surface area contributed by atoms with Crippen molar-refractivity contribution in [3.63, 3.8) is 0 Å². The van der Waals surface area contributed by atoms with E-state index in [-0.39, 0.29) is 28.6 Å². The van der Waals surface area contributed by atoms with Crippen LogP contribution in [-0.2, 0) is 16.7 Å². The molecular formula is C20H17F3N4O3S. The van der Waals surface area contributed by atoms with E-state index in [2.05, 4.69) is 20.8 Å². The first-order valence-electron chi connectivity index (χ1n) is 8.97. The highest BCUT2D eigenvalue weighted by Crippen LogP contribution is 2.31. The highest BCUT2D eigenvalue weighted by atomic mass is 32.2. The van der Waals surface area contributed by atoms with Gasteiger partial charge in [-0.2, -0.15) is 18.2 Å². The molecule has 11 heteroatoms. The SMILES string of the molecule is Cc1nc(CSCC(=O)Nc2ccccc2C(=O)Nc2cccc(C(F)(F)F)c2)no1. The number of rotatable bonds is 7. The number of hydrogen-bond acceptors (Lipinski definition) is 6. The van der Waals surface area contributed by atoms with Crippen molar-refractivity contribution in [2.45, 2.75) is 18.9 Å². The van der Waals surface area contributed by atoms with Gasteiger partial charge in [-0.3, -0.25) is 9.59 Å². The lowest BCUT2D eigenvalue weighted by molar-refractivity contribution is -0.137. The number of thioether (sulfide) groups is 1. The Bertz CT molecular complexity index is 1090. The van der Waals surface area contributed by atoms with Gasteiger partial charge in [0.05, 0.1) is 28.3 Å². The molecule has 0 saturated heterocycles. The number of nitrogens with zero attached hydrogens (tertiary/aromatic N) is 2. The minimum atomic E-state index is -4.52. The summed E-state index contributed by atoms with van der Waals surface area (Å²) in [6.07, 6.45) is -4.52. The number of aryl methyl sites for hydroxylation is 1. The normalized spacial score (nSPS) is 11.2. The fourth-order valence-corrected chi connectivity index (χ4v) is 3.24. The molecule has 2 aromatic carbocycles. The highest BCUT2D eigenvalue weighted by Gasteiger charge is 2.30. The van der Waals surface area contributed by atoms with Crippen LogP contribution in [0.4, 0.5) is 24.5 Å². The summed E-state index contributed by atoms with van der Waals surface area (Å²) in [5.74, 6) is 0.353. The second kappa shape index (κ2) is 9.65. The summed E-state index contributed by atoms with van der Waals surface area (Å²) in [5, 5.41) is 8.80. The van der Waals surface area contributed by atoms with E-state index < -0.39 is 17.6 Å². The molecule has 1 aromatic heterocycles. The molecule has 0 aliphatic carbocycles. The molecule has 7 nitrogen and oxygen atoms in total. The zero-order chi connectivity index (χ0) is 22.4. The smallest absolute Gasteiger partial charge is 0.340 e. The van der Waals surface area contributed by atoms with Gasteiger partial charge in [0.2, 0.25) is 11.8 Å². The van der Waals surface area contributed by atoms with Crippen molar-refractivity contribution in [1.82, 2.24) is 10.1 Å². The first-order chi connectivity index (χ1) is 14.7. The van der Waals surface area contributed by atoms with E-state index in [1.807, 2.05) is 0 Å². The van der Waals surface area contributed by atoms with Crippen LogP contribution in [0.3, 0.4) is 0 Å². The molecule has 0 aliphatic heterocycles. The van der Waals surface area contributed by atoms with E-state index in [4.69, 9.17) is 4.52 Å². The van der Waals surface area contributed by atoms with Crippen molar-refractivity contribution in [3.05, 3.63) is 71.4 Å². The number of nitrogens with one attached hydrogen (secondary N) is 2. The quantitative estimate of drug-likeness (QED) is 0.549. The Balaban J connectivity index is 1.63.